The lowest BCUT2D eigenvalue weighted by Gasteiger charge is -2.39. The van der Waals surface area contributed by atoms with Crippen molar-refractivity contribution in [3.63, 3.8) is 0 Å². The molecule has 0 aromatic heterocycles. The minimum atomic E-state index is -1.65. The zero-order valence-corrected chi connectivity index (χ0v) is 32.4. The van der Waals surface area contributed by atoms with Crippen LogP contribution in [0.1, 0.15) is 47.2 Å². The van der Waals surface area contributed by atoms with Crippen molar-refractivity contribution >= 4 is 57.6 Å². The minimum absolute atomic E-state index is 0.433. The molecule has 9 heteroatoms. The standard InChI is InChI=1S/C46H35Cl3N4O2/c1-3-54-39-28-27-32(29-40(39)55-4-2)43-44(33-21-11-14-24-36(33)47)53-46(52-43,35-23-13-16-26-38(35)49)45(34-22-12-15-25-37(34)48)50-41(30-17-7-5-8-18-30)42(51-45)31-19-9-6-10-20-31/h5-29H,3-4H2,1-2H3. The number of nitrogens with zero attached hydrogens (tertiary/aromatic N) is 4. The van der Waals surface area contributed by atoms with Crippen LogP contribution in [0.5, 0.6) is 11.5 Å². The summed E-state index contributed by atoms with van der Waals surface area (Å²) >= 11 is 21.6. The van der Waals surface area contributed by atoms with Crippen molar-refractivity contribution in [2.24, 2.45) is 20.0 Å². The average Bonchev–Trinajstić information content (AvgIpc) is 3.82. The molecule has 1 atom stereocenters. The molecule has 0 fully saturated rings. The highest BCUT2D eigenvalue weighted by molar-refractivity contribution is 6.57. The molecule has 0 bridgehead atoms. The lowest BCUT2D eigenvalue weighted by molar-refractivity contribution is 0.257. The van der Waals surface area contributed by atoms with E-state index in [0.29, 0.717) is 79.3 Å². The molecule has 6 aromatic rings. The molecule has 2 aliphatic rings. The van der Waals surface area contributed by atoms with Crippen LogP contribution in [-0.2, 0) is 11.3 Å². The number of halogens is 3. The molecule has 0 saturated heterocycles. The maximum Gasteiger partial charge on any atom is 0.227 e. The van der Waals surface area contributed by atoms with E-state index in [2.05, 4.69) is 0 Å². The van der Waals surface area contributed by atoms with E-state index in [-0.39, 0.29) is 0 Å². The summed E-state index contributed by atoms with van der Waals surface area (Å²) in [5, 5.41) is 1.38. The third-order valence-electron chi connectivity index (χ3n) is 9.57. The van der Waals surface area contributed by atoms with Gasteiger partial charge in [-0.25, -0.2) is 20.0 Å². The third-order valence-corrected chi connectivity index (χ3v) is 10.6. The molecule has 0 saturated carbocycles. The maximum absolute atomic E-state index is 7.28. The first-order valence-corrected chi connectivity index (χ1v) is 19.2. The molecule has 8 rings (SSSR count). The molecular formula is C46H35Cl3N4O2. The molecule has 55 heavy (non-hydrogen) atoms. The van der Waals surface area contributed by atoms with Crippen molar-refractivity contribution in [3.8, 4) is 11.5 Å². The van der Waals surface area contributed by atoms with Crippen molar-refractivity contribution in [1.29, 1.82) is 0 Å². The van der Waals surface area contributed by atoms with Gasteiger partial charge >= 0.3 is 0 Å². The Morgan fingerprint density at radius 1 is 0.418 bits per heavy atom. The Hall–Kier alpha value is -5.53. The predicted molar refractivity (Wildman–Crippen MR) is 226 cm³/mol. The first-order valence-electron chi connectivity index (χ1n) is 18.0. The molecule has 0 spiro atoms. The summed E-state index contributed by atoms with van der Waals surface area (Å²) in [5.74, 6) is 1.20. The fraction of sp³-hybridized carbons (Fsp3) is 0.130. The highest BCUT2D eigenvalue weighted by Gasteiger charge is 2.61. The second kappa shape index (κ2) is 15.3. The van der Waals surface area contributed by atoms with Gasteiger partial charge in [-0.3, -0.25) is 0 Å². The second-order valence-electron chi connectivity index (χ2n) is 12.9. The number of ether oxygens (including phenoxy) is 2. The van der Waals surface area contributed by atoms with Crippen LogP contribution in [0.3, 0.4) is 0 Å². The highest BCUT2D eigenvalue weighted by Crippen LogP contribution is 2.57. The molecular weight excluding hydrogens is 747 g/mol. The molecule has 0 amide bonds. The first-order chi connectivity index (χ1) is 26.9. The monoisotopic (exact) mass is 780 g/mol. The Labute approximate surface area is 335 Å². The van der Waals surface area contributed by atoms with Crippen molar-refractivity contribution in [3.05, 3.63) is 200 Å². The normalized spacial score (nSPS) is 17.3. The van der Waals surface area contributed by atoms with Crippen LogP contribution in [-0.4, -0.2) is 36.1 Å². The van der Waals surface area contributed by atoms with Gasteiger partial charge in [-0.05, 0) is 50.2 Å². The van der Waals surface area contributed by atoms with Gasteiger partial charge in [0.25, 0.3) is 0 Å². The molecule has 6 nitrogen and oxygen atoms in total. The van der Waals surface area contributed by atoms with Crippen molar-refractivity contribution in [2.75, 3.05) is 13.2 Å². The Kier molecular flexibility index (Phi) is 10.1. The van der Waals surface area contributed by atoms with Crippen LogP contribution < -0.4 is 9.47 Å². The lowest BCUT2D eigenvalue weighted by Crippen LogP contribution is -2.43. The van der Waals surface area contributed by atoms with E-state index < -0.39 is 11.3 Å². The topological polar surface area (TPSA) is 67.9 Å². The van der Waals surface area contributed by atoms with Crippen molar-refractivity contribution in [2.45, 2.75) is 25.2 Å². The van der Waals surface area contributed by atoms with E-state index in [4.69, 9.17) is 64.2 Å². The summed E-state index contributed by atoms with van der Waals surface area (Å²) in [6.45, 7) is 4.79. The Morgan fingerprint density at radius 2 is 0.836 bits per heavy atom. The van der Waals surface area contributed by atoms with E-state index in [1.165, 1.54) is 0 Å². The molecule has 0 radical (unpaired) electrons. The quantitative estimate of drug-likeness (QED) is 0.131. The van der Waals surface area contributed by atoms with Gasteiger partial charge in [-0.2, -0.15) is 0 Å². The summed E-state index contributed by atoms with van der Waals surface area (Å²) in [5.41, 5.74) is 3.47. The van der Waals surface area contributed by atoms with E-state index in [9.17, 15) is 0 Å². The van der Waals surface area contributed by atoms with Crippen LogP contribution in [0.15, 0.2) is 172 Å². The van der Waals surface area contributed by atoms with Crippen molar-refractivity contribution < 1.29 is 9.47 Å². The first kappa shape index (κ1) is 36.4. The predicted octanol–water partition coefficient (Wildman–Crippen LogP) is 11.4. The Morgan fingerprint density at radius 3 is 1.33 bits per heavy atom. The van der Waals surface area contributed by atoms with E-state index in [0.717, 1.165) is 16.7 Å². The number of aliphatic imine (C=N–C) groups is 4. The number of hydrogen-bond acceptors (Lipinski definition) is 6. The van der Waals surface area contributed by atoms with Gasteiger partial charge in [0.1, 0.15) is 0 Å². The van der Waals surface area contributed by atoms with Gasteiger partial charge in [0.15, 0.2) is 11.5 Å². The minimum Gasteiger partial charge on any atom is -0.490 e. The van der Waals surface area contributed by atoms with Gasteiger partial charge in [-0.15, -0.1) is 0 Å². The molecule has 2 aliphatic heterocycles. The van der Waals surface area contributed by atoms with Gasteiger partial charge in [0.05, 0.1) is 41.1 Å². The zero-order valence-electron chi connectivity index (χ0n) is 30.1. The van der Waals surface area contributed by atoms with Crippen LogP contribution in [0.25, 0.3) is 0 Å². The largest absolute Gasteiger partial charge is 0.490 e. The SMILES string of the molecule is CCOc1ccc(C2=NC(c3ccccc3Cl)(C3(c4ccccc4Cl)N=C(c4ccccc4)C(c4ccccc4)=N3)N=C2c2ccccc2Cl)cc1OCC. The van der Waals surface area contributed by atoms with Crippen LogP contribution in [0, 0.1) is 0 Å². The van der Waals surface area contributed by atoms with Crippen LogP contribution in [0.4, 0.5) is 0 Å². The molecule has 6 aromatic carbocycles. The zero-order chi connectivity index (χ0) is 38.0. The maximum atomic E-state index is 7.28. The van der Waals surface area contributed by atoms with Crippen LogP contribution in [0.2, 0.25) is 15.1 Å². The number of rotatable bonds is 11. The molecule has 0 aliphatic carbocycles. The summed E-state index contributed by atoms with van der Waals surface area (Å²) < 4.78 is 12.1. The molecule has 1 unspecified atom stereocenters. The summed E-state index contributed by atoms with van der Waals surface area (Å²) in [4.78, 5) is 22.8. The fourth-order valence-corrected chi connectivity index (χ4v) is 7.92. The molecule has 272 valence electrons. The Balaban J connectivity index is 1.54. The lowest BCUT2D eigenvalue weighted by atomic mass is 9.82. The van der Waals surface area contributed by atoms with E-state index >= 15 is 0 Å². The number of hydrogen-bond donors (Lipinski definition) is 0. The van der Waals surface area contributed by atoms with Gasteiger partial charge < -0.3 is 9.47 Å². The van der Waals surface area contributed by atoms with Gasteiger partial charge in [0, 0.05) is 43.4 Å². The fourth-order valence-electron chi connectivity index (χ4n) is 7.16. The second-order valence-corrected chi connectivity index (χ2v) is 14.1. The smallest absolute Gasteiger partial charge is 0.227 e. The summed E-state index contributed by atoms with van der Waals surface area (Å²) in [6, 6.07) is 48.5. The molecule has 0 N–H and O–H groups in total. The van der Waals surface area contributed by atoms with Crippen LogP contribution >= 0.6 is 34.8 Å². The Bertz CT molecular complexity index is 2460. The van der Waals surface area contributed by atoms with E-state index in [1.807, 2.05) is 166 Å². The van der Waals surface area contributed by atoms with Gasteiger partial charge in [0.2, 0.25) is 11.3 Å². The highest BCUT2D eigenvalue weighted by atomic mass is 35.5. The average molecular weight is 782 g/mol. The summed E-state index contributed by atoms with van der Waals surface area (Å²) in [6.07, 6.45) is 0. The van der Waals surface area contributed by atoms with Gasteiger partial charge in [-0.1, -0.05) is 150 Å². The number of benzene rings is 6. The third kappa shape index (κ3) is 6.44. The van der Waals surface area contributed by atoms with Crippen molar-refractivity contribution in [1.82, 2.24) is 0 Å². The summed E-state index contributed by atoms with van der Waals surface area (Å²) in [7, 11) is 0. The van der Waals surface area contributed by atoms with E-state index in [1.54, 1.807) is 0 Å². The molecule has 2 heterocycles.